The van der Waals surface area contributed by atoms with Crippen LogP contribution in [0.25, 0.3) is 0 Å². The largest absolute Gasteiger partial charge is 0.296 e. The van der Waals surface area contributed by atoms with Crippen LogP contribution in [0.15, 0.2) is 18.2 Å². The number of rotatable bonds is 4. The predicted molar refractivity (Wildman–Crippen MR) is 89.4 cm³/mol. The van der Waals surface area contributed by atoms with E-state index in [0.717, 1.165) is 24.9 Å². The topological polar surface area (TPSA) is 20.3 Å². The van der Waals surface area contributed by atoms with Crippen LogP contribution in [0.4, 0.5) is 0 Å². The van der Waals surface area contributed by atoms with E-state index in [1.54, 1.807) is 18.2 Å². The van der Waals surface area contributed by atoms with Crippen molar-refractivity contribution in [2.24, 2.45) is 11.8 Å². The first-order valence-corrected chi connectivity index (χ1v) is 8.43. The minimum absolute atomic E-state index is 0.122. The van der Waals surface area contributed by atoms with Crippen LogP contribution >= 0.6 is 23.2 Å². The van der Waals surface area contributed by atoms with Crippen LogP contribution in [0.2, 0.25) is 10.0 Å². The molecule has 1 fully saturated rings. The molecule has 0 radical (unpaired) electrons. The highest BCUT2D eigenvalue weighted by molar-refractivity contribution is 6.42. The molecular weight excluding hydrogens is 305 g/mol. The molecule has 0 amide bonds. The maximum atomic E-state index is 12.4. The van der Waals surface area contributed by atoms with E-state index >= 15 is 0 Å². The van der Waals surface area contributed by atoms with Crippen LogP contribution in [-0.2, 0) is 0 Å². The zero-order valence-electron chi connectivity index (χ0n) is 12.7. The summed E-state index contributed by atoms with van der Waals surface area (Å²) >= 11 is 11.9. The number of Topliss-reactive ketones (excluding diaryl/α,β-unsaturated/α-hetero) is 1. The quantitative estimate of drug-likeness (QED) is 0.730. The predicted octanol–water partition coefficient (Wildman–Crippen LogP) is 4.93. The number of hydrogen-bond acceptors (Lipinski definition) is 2. The lowest BCUT2D eigenvalue weighted by atomic mass is 9.89. The minimum Gasteiger partial charge on any atom is -0.296 e. The third kappa shape index (κ3) is 4.70. The summed E-state index contributed by atoms with van der Waals surface area (Å²) in [6, 6.07) is 5.11. The Labute approximate surface area is 137 Å². The van der Waals surface area contributed by atoms with Gasteiger partial charge in [0.2, 0.25) is 0 Å². The molecule has 0 aromatic heterocycles. The Bertz CT molecular complexity index is 502. The Kier molecular flexibility index (Phi) is 6.09. The van der Waals surface area contributed by atoms with Crippen LogP contribution in [-0.4, -0.2) is 30.3 Å². The molecule has 1 heterocycles. The molecule has 0 spiro atoms. The Morgan fingerprint density at radius 2 is 2.00 bits per heavy atom. The van der Waals surface area contributed by atoms with Crippen LogP contribution in [0.3, 0.4) is 0 Å². The van der Waals surface area contributed by atoms with Gasteiger partial charge in [-0.1, -0.05) is 37.0 Å². The second kappa shape index (κ2) is 7.62. The first-order valence-electron chi connectivity index (χ1n) is 7.68. The summed E-state index contributed by atoms with van der Waals surface area (Å²) in [7, 11) is 0. The van der Waals surface area contributed by atoms with Gasteiger partial charge in [0.05, 0.1) is 16.6 Å². The van der Waals surface area contributed by atoms with Crippen molar-refractivity contribution in [3.8, 4) is 0 Å². The maximum Gasteiger partial charge on any atom is 0.176 e. The molecule has 4 heteroatoms. The molecule has 0 aliphatic carbocycles. The molecule has 1 unspecified atom stereocenters. The number of likely N-dealkylation sites (tertiary alicyclic amines) is 1. The summed E-state index contributed by atoms with van der Waals surface area (Å²) in [5.41, 5.74) is 0.647. The highest BCUT2D eigenvalue weighted by Crippen LogP contribution is 2.25. The van der Waals surface area contributed by atoms with Gasteiger partial charge in [-0.2, -0.15) is 0 Å². The average molecular weight is 328 g/mol. The van der Waals surface area contributed by atoms with Crippen molar-refractivity contribution < 1.29 is 4.79 Å². The summed E-state index contributed by atoms with van der Waals surface area (Å²) in [5, 5.41) is 0.931. The summed E-state index contributed by atoms with van der Waals surface area (Å²) in [5.74, 6) is 1.64. The highest BCUT2D eigenvalue weighted by atomic mass is 35.5. The number of carbonyl (C=O) groups is 1. The zero-order chi connectivity index (χ0) is 15.4. The third-order valence-electron chi connectivity index (χ3n) is 4.42. The number of carbonyl (C=O) groups excluding carboxylic acids is 1. The molecule has 0 bridgehead atoms. The fourth-order valence-electron chi connectivity index (χ4n) is 2.97. The number of hydrogen-bond donors (Lipinski definition) is 0. The molecule has 1 aromatic rings. The molecule has 21 heavy (non-hydrogen) atoms. The summed E-state index contributed by atoms with van der Waals surface area (Å²) in [4.78, 5) is 14.6. The number of ketones is 1. The van der Waals surface area contributed by atoms with Gasteiger partial charge in [-0.3, -0.25) is 9.69 Å². The van der Waals surface area contributed by atoms with Crippen LogP contribution < -0.4 is 0 Å². The van der Waals surface area contributed by atoms with E-state index in [1.165, 1.54) is 19.3 Å². The Balaban J connectivity index is 1.94. The molecule has 1 saturated heterocycles. The van der Waals surface area contributed by atoms with Crippen molar-refractivity contribution >= 4 is 29.0 Å². The van der Waals surface area contributed by atoms with E-state index < -0.39 is 0 Å². The zero-order valence-corrected chi connectivity index (χ0v) is 14.3. The van der Waals surface area contributed by atoms with Crippen LogP contribution in [0.1, 0.15) is 43.5 Å². The van der Waals surface area contributed by atoms with Crippen molar-refractivity contribution in [3.05, 3.63) is 33.8 Å². The molecule has 1 aliphatic rings. The number of nitrogens with zero attached hydrogens (tertiary/aromatic N) is 1. The van der Waals surface area contributed by atoms with Crippen LogP contribution in [0, 0.1) is 11.8 Å². The first-order chi connectivity index (χ1) is 9.97. The lowest BCUT2D eigenvalue weighted by molar-refractivity contribution is 0.0932. The van der Waals surface area contributed by atoms with Crippen molar-refractivity contribution in [1.29, 1.82) is 0 Å². The normalized spacial score (nSPS) is 20.5. The van der Waals surface area contributed by atoms with Crippen LogP contribution in [0.5, 0.6) is 0 Å². The van der Waals surface area contributed by atoms with E-state index in [2.05, 4.69) is 18.7 Å². The summed E-state index contributed by atoms with van der Waals surface area (Å²) < 4.78 is 0. The number of halogens is 2. The Morgan fingerprint density at radius 3 is 2.67 bits per heavy atom. The van der Waals surface area contributed by atoms with Crippen molar-refractivity contribution in [2.75, 3.05) is 19.6 Å². The van der Waals surface area contributed by atoms with Gasteiger partial charge in [-0.05, 0) is 62.4 Å². The molecule has 0 N–H and O–H groups in total. The van der Waals surface area contributed by atoms with Gasteiger partial charge in [0, 0.05) is 5.56 Å². The van der Waals surface area contributed by atoms with Gasteiger partial charge in [0.15, 0.2) is 5.78 Å². The molecule has 1 aliphatic heterocycles. The smallest absolute Gasteiger partial charge is 0.176 e. The van der Waals surface area contributed by atoms with E-state index in [0.29, 0.717) is 22.2 Å². The molecule has 2 rings (SSSR count). The summed E-state index contributed by atoms with van der Waals surface area (Å²) in [6.07, 6.45) is 3.64. The fourth-order valence-corrected chi connectivity index (χ4v) is 3.27. The molecule has 116 valence electrons. The maximum absolute atomic E-state index is 12.4. The molecule has 0 saturated carbocycles. The van der Waals surface area contributed by atoms with E-state index in [4.69, 9.17) is 23.2 Å². The van der Waals surface area contributed by atoms with Gasteiger partial charge < -0.3 is 0 Å². The third-order valence-corrected chi connectivity index (χ3v) is 5.16. The highest BCUT2D eigenvalue weighted by Gasteiger charge is 2.21. The van der Waals surface area contributed by atoms with Gasteiger partial charge >= 0.3 is 0 Å². The molecular formula is C17H23Cl2NO. The van der Waals surface area contributed by atoms with Gasteiger partial charge in [0.25, 0.3) is 0 Å². The average Bonchev–Trinajstić information content (AvgIpc) is 2.67. The Morgan fingerprint density at radius 1 is 1.24 bits per heavy atom. The molecule has 1 atom stereocenters. The van der Waals surface area contributed by atoms with Crippen molar-refractivity contribution in [3.63, 3.8) is 0 Å². The van der Waals surface area contributed by atoms with E-state index in [-0.39, 0.29) is 5.78 Å². The van der Waals surface area contributed by atoms with Gasteiger partial charge in [-0.25, -0.2) is 0 Å². The number of benzene rings is 1. The van der Waals surface area contributed by atoms with Gasteiger partial charge in [-0.15, -0.1) is 0 Å². The fraction of sp³-hybridized carbons (Fsp3) is 0.588. The standard InChI is InChI=1S/C17H23Cl2NO/c1-12(2)13-4-3-8-20(9-7-13)11-17(21)14-5-6-15(18)16(19)10-14/h5-6,10,12-13H,3-4,7-9,11H2,1-2H3. The molecule has 1 aromatic carbocycles. The SMILES string of the molecule is CC(C)C1CCCN(CC(=O)c2ccc(Cl)c(Cl)c2)CC1. The van der Waals surface area contributed by atoms with E-state index in [1.807, 2.05) is 0 Å². The van der Waals surface area contributed by atoms with Crippen molar-refractivity contribution in [2.45, 2.75) is 33.1 Å². The first kappa shape index (κ1) is 16.8. The summed E-state index contributed by atoms with van der Waals surface area (Å²) in [6.45, 7) is 7.08. The minimum atomic E-state index is 0.122. The van der Waals surface area contributed by atoms with Crippen molar-refractivity contribution in [1.82, 2.24) is 4.90 Å². The lowest BCUT2D eigenvalue weighted by Gasteiger charge is -2.20. The second-order valence-corrected chi connectivity index (χ2v) is 7.08. The molecule has 2 nitrogen and oxygen atoms in total. The Hall–Kier alpha value is -0.570. The monoisotopic (exact) mass is 327 g/mol. The van der Waals surface area contributed by atoms with E-state index in [9.17, 15) is 4.79 Å². The second-order valence-electron chi connectivity index (χ2n) is 6.26. The van der Waals surface area contributed by atoms with Gasteiger partial charge in [0.1, 0.15) is 0 Å². The lowest BCUT2D eigenvalue weighted by Crippen LogP contribution is -2.31.